The fraction of sp³-hybridized carbons (Fsp3) is 0.588. The van der Waals surface area contributed by atoms with Crippen LogP contribution in [-0.2, 0) is 12.8 Å². The molecule has 0 saturated carbocycles. The van der Waals surface area contributed by atoms with Crippen LogP contribution in [0, 0.1) is 0 Å². The lowest BCUT2D eigenvalue weighted by Crippen LogP contribution is -2.47. The smallest absolute Gasteiger partial charge is 0.227 e. The molecule has 3 rings (SSSR count). The summed E-state index contributed by atoms with van der Waals surface area (Å²) in [5.74, 6) is 2.59. The molecule has 24 heavy (non-hydrogen) atoms. The largest absolute Gasteiger partial charge is 0.354 e. The second kappa shape index (κ2) is 8.21. The van der Waals surface area contributed by atoms with Crippen molar-refractivity contribution < 1.29 is 4.52 Å². The number of piperazine rings is 1. The van der Waals surface area contributed by atoms with Gasteiger partial charge in [-0.25, -0.2) is 4.98 Å². The first kappa shape index (κ1) is 16.9. The van der Waals surface area contributed by atoms with Crippen LogP contribution in [0.4, 0.5) is 5.82 Å². The zero-order chi connectivity index (χ0) is 16.8. The number of rotatable bonds is 7. The predicted molar refractivity (Wildman–Crippen MR) is 93.1 cm³/mol. The van der Waals surface area contributed by atoms with Crippen molar-refractivity contribution in [2.45, 2.75) is 25.8 Å². The normalized spacial score (nSPS) is 17.2. The van der Waals surface area contributed by atoms with Gasteiger partial charge >= 0.3 is 0 Å². The topological polar surface area (TPSA) is 70.3 Å². The van der Waals surface area contributed by atoms with Gasteiger partial charge in [0.25, 0.3) is 0 Å². The minimum Gasteiger partial charge on any atom is -0.354 e. The number of likely N-dealkylation sites (N-methyl/N-ethyl adjacent to an activating group) is 1. The highest BCUT2D eigenvalue weighted by Crippen LogP contribution is 2.12. The fourth-order valence-corrected chi connectivity index (χ4v) is 2.85. The zero-order valence-corrected chi connectivity index (χ0v) is 14.5. The van der Waals surface area contributed by atoms with E-state index in [9.17, 15) is 0 Å². The highest BCUT2D eigenvalue weighted by Gasteiger charge is 2.18. The van der Waals surface area contributed by atoms with E-state index in [0.29, 0.717) is 6.04 Å². The molecule has 0 bridgehead atoms. The summed E-state index contributed by atoms with van der Waals surface area (Å²) in [6.45, 7) is 7.15. The Bertz CT molecular complexity index is 609. The van der Waals surface area contributed by atoms with Gasteiger partial charge in [-0.3, -0.25) is 4.90 Å². The van der Waals surface area contributed by atoms with Crippen molar-refractivity contribution in [2.75, 3.05) is 44.7 Å². The molecule has 0 amide bonds. The van der Waals surface area contributed by atoms with Crippen LogP contribution in [0.25, 0.3) is 0 Å². The molecule has 1 saturated heterocycles. The van der Waals surface area contributed by atoms with Gasteiger partial charge in [0.1, 0.15) is 5.82 Å². The molecule has 2 aromatic rings. The van der Waals surface area contributed by atoms with E-state index in [1.54, 1.807) is 0 Å². The molecule has 1 aliphatic rings. The summed E-state index contributed by atoms with van der Waals surface area (Å²) >= 11 is 0. The SMILES string of the molecule is CNC(C)Cc1noc(CCN2CCN(c3ccccn3)CC2)n1. The zero-order valence-electron chi connectivity index (χ0n) is 14.5. The minimum atomic E-state index is 0.357. The van der Waals surface area contributed by atoms with Crippen LogP contribution >= 0.6 is 0 Å². The van der Waals surface area contributed by atoms with E-state index in [2.05, 4.69) is 43.2 Å². The molecule has 1 fully saturated rings. The summed E-state index contributed by atoms with van der Waals surface area (Å²) in [5.41, 5.74) is 0. The standard InChI is InChI=1S/C17H26N6O/c1-14(18-2)13-15-20-17(24-21-15)6-8-22-9-11-23(12-10-22)16-5-3-4-7-19-16/h3-5,7,14,18H,6,8-13H2,1-2H3. The molecular formula is C17H26N6O. The lowest BCUT2D eigenvalue weighted by atomic mass is 10.2. The highest BCUT2D eigenvalue weighted by atomic mass is 16.5. The number of nitrogens with one attached hydrogen (secondary N) is 1. The molecule has 0 aliphatic carbocycles. The first-order valence-electron chi connectivity index (χ1n) is 8.61. The second-order valence-corrected chi connectivity index (χ2v) is 6.26. The number of pyridine rings is 1. The molecule has 7 heteroatoms. The molecule has 1 aliphatic heterocycles. The molecule has 7 nitrogen and oxygen atoms in total. The van der Waals surface area contributed by atoms with Crippen molar-refractivity contribution in [3.05, 3.63) is 36.1 Å². The van der Waals surface area contributed by atoms with E-state index < -0.39 is 0 Å². The van der Waals surface area contributed by atoms with Crippen LogP contribution in [0.5, 0.6) is 0 Å². The number of hydrogen-bond acceptors (Lipinski definition) is 7. The van der Waals surface area contributed by atoms with Gasteiger partial charge in [0, 0.05) is 57.8 Å². The Balaban J connectivity index is 1.42. The molecule has 1 N–H and O–H groups in total. The quantitative estimate of drug-likeness (QED) is 0.811. The first-order valence-corrected chi connectivity index (χ1v) is 8.61. The molecule has 2 aromatic heterocycles. The van der Waals surface area contributed by atoms with E-state index in [-0.39, 0.29) is 0 Å². The molecule has 0 radical (unpaired) electrons. The molecule has 3 heterocycles. The third kappa shape index (κ3) is 4.52. The molecule has 1 atom stereocenters. The maximum absolute atomic E-state index is 5.36. The Morgan fingerprint density at radius 1 is 1.25 bits per heavy atom. The van der Waals surface area contributed by atoms with Crippen LogP contribution in [0.1, 0.15) is 18.6 Å². The Morgan fingerprint density at radius 3 is 2.79 bits per heavy atom. The van der Waals surface area contributed by atoms with Crippen LogP contribution in [0.2, 0.25) is 0 Å². The fourth-order valence-electron chi connectivity index (χ4n) is 2.85. The van der Waals surface area contributed by atoms with Crippen molar-refractivity contribution in [1.82, 2.24) is 25.3 Å². The predicted octanol–water partition coefficient (Wildman–Crippen LogP) is 0.980. The number of anilines is 1. The third-order valence-electron chi connectivity index (χ3n) is 4.48. The van der Waals surface area contributed by atoms with Gasteiger partial charge < -0.3 is 14.7 Å². The highest BCUT2D eigenvalue weighted by molar-refractivity contribution is 5.38. The Morgan fingerprint density at radius 2 is 2.08 bits per heavy atom. The van der Waals surface area contributed by atoms with Crippen molar-refractivity contribution >= 4 is 5.82 Å². The molecular weight excluding hydrogens is 304 g/mol. The van der Waals surface area contributed by atoms with Crippen molar-refractivity contribution in [3.63, 3.8) is 0 Å². The average molecular weight is 330 g/mol. The number of nitrogens with zero attached hydrogens (tertiary/aromatic N) is 5. The summed E-state index contributed by atoms with van der Waals surface area (Å²) in [7, 11) is 1.94. The summed E-state index contributed by atoms with van der Waals surface area (Å²) < 4.78 is 5.36. The Labute approximate surface area is 143 Å². The van der Waals surface area contributed by atoms with Crippen molar-refractivity contribution in [2.24, 2.45) is 0 Å². The lowest BCUT2D eigenvalue weighted by Gasteiger charge is -2.35. The molecule has 0 spiro atoms. The first-order chi connectivity index (χ1) is 11.7. The second-order valence-electron chi connectivity index (χ2n) is 6.26. The van der Waals surface area contributed by atoms with Gasteiger partial charge in [-0.05, 0) is 26.1 Å². The molecule has 0 aromatic carbocycles. The number of aromatic nitrogens is 3. The minimum absolute atomic E-state index is 0.357. The van der Waals surface area contributed by atoms with Gasteiger partial charge in [0.2, 0.25) is 5.89 Å². The van der Waals surface area contributed by atoms with Crippen LogP contribution in [0.15, 0.2) is 28.9 Å². The van der Waals surface area contributed by atoms with Crippen molar-refractivity contribution in [1.29, 1.82) is 0 Å². The Kier molecular flexibility index (Phi) is 5.77. The molecule has 130 valence electrons. The number of hydrogen-bond donors (Lipinski definition) is 1. The lowest BCUT2D eigenvalue weighted by molar-refractivity contribution is 0.248. The van der Waals surface area contributed by atoms with E-state index >= 15 is 0 Å². The van der Waals surface area contributed by atoms with Crippen LogP contribution < -0.4 is 10.2 Å². The van der Waals surface area contributed by atoms with Gasteiger partial charge in [-0.15, -0.1) is 0 Å². The van der Waals surface area contributed by atoms with Crippen LogP contribution in [0.3, 0.4) is 0 Å². The summed E-state index contributed by atoms with van der Waals surface area (Å²) in [6.07, 6.45) is 3.46. The van der Waals surface area contributed by atoms with Crippen LogP contribution in [-0.4, -0.2) is 65.8 Å². The summed E-state index contributed by atoms with van der Waals surface area (Å²) in [6, 6.07) is 6.42. The molecule has 1 unspecified atom stereocenters. The summed E-state index contributed by atoms with van der Waals surface area (Å²) in [4.78, 5) is 13.7. The van der Waals surface area contributed by atoms with Crippen molar-refractivity contribution in [3.8, 4) is 0 Å². The average Bonchev–Trinajstić information content (AvgIpc) is 3.08. The maximum Gasteiger partial charge on any atom is 0.227 e. The monoisotopic (exact) mass is 330 g/mol. The van der Waals surface area contributed by atoms with E-state index in [4.69, 9.17) is 4.52 Å². The van der Waals surface area contributed by atoms with Gasteiger partial charge in [0.15, 0.2) is 5.82 Å². The van der Waals surface area contributed by atoms with E-state index in [1.165, 1.54) is 0 Å². The Hall–Kier alpha value is -1.99. The van der Waals surface area contributed by atoms with E-state index in [1.807, 2.05) is 25.4 Å². The van der Waals surface area contributed by atoms with Gasteiger partial charge in [-0.2, -0.15) is 4.98 Å². The van der Waals surface area contributed by atoms with Gasteiger partial charge in [0.05, 0.1) is 0 Å². The third-order valence-corrected chi connectivity index (χ3v) is 4.48. The van der Waals surface area contributed by atoms with E-state index in [0.717, 1.165) is 63.1 Å². The maximum atomic E-state index is 5.36. The summed E-state index contributed by atoms with van der Waals surface area (Å²) in [5, 5.41) is 7.24. The van der Waals surface area contributed by atoms with Gasteiger partial charge in [-0.1, -0.05) is 11.2 Å².